The molecule has 8 aromatic carbocycles. The summed E-state index contributed by atoms with van der Waals surface area (Å²) < 4.78 is 9.22. The highest BCUT2D eigenvalue weighted by atomic mass is 16.5. The van der Waals surface area contributed by atoms with Gasteiger partial charge in [0.1, 0.15) is 11.5 Å². The lowest BCUT2D eigenvalue weighted by Gasteiger charge is -2.39. The van der Waals surface area contributed by atoms with Crippen LogP contribution >= 0.6 is 0 Å². The predicted molar refractivity (Wildman–Crippen MR) is 220 cm³/mol. The number of benzene rings is 8. The summed E-state index contributed by atoms with van der Waals surface area (Å²) >= 11 is 0. The molecule has 0 unspecified atom stereocenters. The van der Waals surface area contributed by atoms with Gasteiger partial charge >= 0.3 is 0 Å². The van der Waals surface area contributed by atoms with Crippen molar-refractivity contribution in [3.8, 4) is 51.3 Å². The summed E-state index contributed by atoms with van der Waals surface area (Å²) in [7, 11) is 0. The Bertz CT molecular complexity index is 3080. The van der Waals surface area contributed by atoms with Gasteiger partial charge in [-0.05, 0) is 57.3 Å². The van der Waals surface area contributed by atoms with Crippen LogP contribution < -0.4 is 4.74 Å². The number of fused-ring (bicyclic) bond motifs is 14. The largest absolute Gasteiger partial charge is 0.457 e. The molecule has 2 aromatic heterocycles. The van der Waals surface area contributed by atoms with E-state index in [2.05, 4.69) is 150 Å². The van der Waals surface area contributed by atoms with Crippen LogP contribution in [0.25, 0.3) is 72.4 Å². The molecule has 0 N–H and O–H groups in total. The Morgan fingerprint density at radius 1 is 0.418 bits per heavy atom. The smallest absolute Gasteiger partial charge is 0.238 e. The lowest BCUT2D eigenvalue weighted by molar-refractivity contribution is 0.437. The van der Waals surface area contributed by atoms with Crippen molar-refractivity contribution in [1.29, 1.82) is 0 Å². The average Bonchev–Trinajstić information content (AvgIpc) is 3.74. The van der Waals surface area contributed by atoms with Crippen LogP contribution in [0, 0.1) is 0 Å². The van der Waals surface area contributed by atoms with Gasteiger partial charge in [0, 0.05) is 33.0 Å². The number of para-hydroxylation sites is 1. The van der Waals surface area contributed by atoms with Gasteiger partial charge in [-0.15, -0.1) is 0 Å². The fourth-order valence-electron chi connectivity index (χ4n) is 9.25. The molecule has 5 nitrogen and oxygen atoms in total. The molecule has 10 aromatic rings. The summed E-state index contributed by atoms with van der Waals surface area (Å²) in [6, 6.07) is 64.1. The molecule has 0 fully saturated rings. The molecule has 256 valence electrons. The zero-order chi connectivity index (χ0) is 36.1. The first-order valence-electron chi connectivity index (χ1n) is 18.6. The van der Waals surface area contributed by atoms with Crippen molar-refractivity contribution >= 4 is 32.6 Å². The van der Waals surface area contributed by atoms with Crippen LogP contribution in [-0.2, 0) is 5.41 Å². The fraction of sp³-hybridized carbons (Fsp3) is 0.0200. The Kier molecular flexibility index (Phi) is 6.20. The third-order valence-electron chi connectivity index (χ3n) is 11.5. The first-order chi connectivity index (χ1) is 27.3. The van der Waals surface area contributed by atoms with E-state index in [0.29, 0.717) is 17.6 Å². The van der Waals surface area contributed by atoms with E-state index >= 15 is 0 Å². The van der Waals surface area contributed by atoms with Gasteiger partial charge in [-0.1, -0.05) is 158 Å². The third-order valence-corrected chi connectivity index (χ3v) is 11.5. The Morgan fingerprint density at radius 3 is 1.69 bits per heavy atom. The molecule has 0 radical (unpaired) electrons. The maximum Gasteiger partial charge on any atom is 0.238 e. The zero-order valence-corrected chi connectivity index (χ0v) is 29.5. The molecule has 2 aliphatic rings. The van der Waals surface area contributed by atoms with Gasteiger partial charge in [-0.3, -0.25) is 4.57 Å². The van der Waals surface area contributed by atoms with Gasteiger partial charge in [0.05, 0.1) is 16.4 Å². The van der Waals surface area contributed by atoms with Crippen molar-refractivity contribution in [1.82, 2.24) is 19.5 Å². The normalized spacial score (nSPS) is 13.4. The standard InChI is InChI=1S/C50H30N4O/c1-3-16-32(17-4-1)47-51-48(33-18-5-2-6-19-33)53-49(52-47)54-42-28-27-31-15-7-8-20-34(31)46(42)37-29-45-41(30-43(37)54)50(40-25-13-14-26-44(40)55-45)38-23-11-9-21-35(38)36-22-10-12-24-39(36)50/h1-30H. The first kappa shape index (κ1) is 30.1. The van der Waals surface area contributed by atoms with Crippen LogP contribution in [0.1, 0.15) is 22.3 Å². The van der Waals surface area contributed by atoms with E-state index in [-0.39, 0.29) is 0 Å². The van der Waals surface area contributed by atoms with Crippen LogP contribution in [0.15, 0.2) is 182 Å². The monoisotopic (exact) mass is 702 g/mol. The van der Waals surface area contributed by atoms with Gasteiger partial charge in [-0.2, -0.15) is 9.97 Å². The van der Waals surface area contributed by atoms with Gasteiger partial charge < -0.3 is 4.74 Å². The topological polar surface area (TPSA) is 52.8 Å². The second-order valence-corrected chi connectivity index (χ2v) is 14.3. The summed E-state index contributed by atoms with van der Waals surface area (Å²) in [5.41, 5.74) is 10.4. The maximum absolute atomic E-state index is 6.98. The van der Waals surface area contributed by atoms with Crippen LogP contribution in [0.2, 0.25) is 0 Å². The first-order valence-corrected chi connectivity index (χ1v) is 18.6. The van der Waals surface area contributed by atoms with E-state index in [0.717, 1.165) is 60.9 Å². The Hall–Kier alpha value is -7.37. The summed E-state index contributed by atoms with van der Waals surface area (Å²) in [5.74, 6) is 3.50. The highest BCUT2D eigenvalue weighted by Crippen LogP contribution is 2.62. The van der Waals surface area contributed by atoms with Crippen molar-refractivity contribution in [2.24, 2.45) is 0 Å². The van der Waals surface area contributed by atoms with Crippen molar-refractivity contribution in [3.05, 3.63) is 204 Å². The Morgan fingerprint density at radius 2 is 1.00 bits per heavy atom. The van der Waals surface area contributed by atoms with Crippen molar-refractivity contribution in [2.45, 2.75) is 5.41 Å². The maximum atomic E-state index is 6.98. The van der Waals surface area contributed by atoms with E-state index < -0.39 is 5.41 Å². The molecule has 1 aliphatic carbocycles. The van der Waals surface area contributed by atoms with E-state index in [4.69, 9.17) is 19.7 Å². The van der Waals surface area contributed by atoms with Crippen molar-refractivity contribution in [3.63, 3.8) is 0 Å². The van der Waals surface area contributed by atoms with Crippen LogP contribution in [0.5, 0.6) is 11.5 Å². The molecule has 12 rings (SSSR count). The molecule has 0 bridgehead atoms. The summed E-state index contributed by atoms with van der Waals surface area (Å²) in [6.45, 7) is 0. The van der Waals surface area contributed by atoms with E-state index in [1.165, 1.54) is 27.6 Å². The quantitative estimate of drug-likeness (QED) is 0.184. The van der Waals surface area contributed by atoms with Gasteiger partial charge in [0.15, 0.2) is 11.6 Å². The molecule has 1 aliphatic heterocycles. The molecule has 0 atom stereocenters. The van der Waals surface area contributed by atoms with Gasteiger partial charge in [0.2, 0.25) is 5.95 Å². The number of nitrogens with zero attached hydrogens (tertiary/aromatic N) is 4. The lowest BCUT2D eigenvalue weighted by Crippen LogP contribution is -2.32. The number of ether oxygens (including phenoxy) is 1. The molecular formula is C50H30N4O. The number of hydrogen-bond acceptors (Lipinski definition) is 4. The predicted octanol–water partition coefficient (Wildman–Crippen LogP) is 11.9. The molecule has 0 saturated heterocycles. The minimum absolute atomic E-state index is 0.557. The summed E-state index contributed by atoms with van der Waals surface area (Å²) in [4.78, 5) is 15.6. The van der Waals surface area contributed by atoms with Crippen LogP contribution in [-0.4, -0.2) is 19.5 Å². The Labute approximate surface area is 316 Å². The third kappa shape index (κ3) is 4.15. The minimum atomic E-state index is -0.613. The SMILES string of the molecule is c1ccc(-c2nc(-c3ccccc3)nc(-n3c4cc5c(cc4c4c6ccccc6ccc43)Oc3ccccc3C53c4ccccc4-c4ccccc43)n2)cc1. The highest BCUT2D eigenvalue weighted by molar-refractivity contribution is 6.21. The van der Waals surface area contributed by atoms with Crippen LogP contribution in [0.4, 0.5) is 0 Å². The van der Waals surface area contributed by atoms with Crippen LogP contribution in [0.3, 0.4) is 0 Å². The number of aromatic nitrogens is 4. The van der Waals surface area contributed by atoms with Gasteiger partial charge in [-0.25, -0.2) is 4.98 Å². The number of hydrogen-bond donors (Lipinski definition) is 0. The summed E-state index contributed by atoms with van der Waals surface area (Å²) in [5, 5.41) is 4.52. The molecule has 3 heterocycles. The lowest BCUT2D eigenvalue weighted by atomic mass is 9.66. The van der Waals surface area contributed by atoms with Crippen molar-refractivity contribution < 1.29 is 4.74 Å². The second kappa shape index (κ2) is 11.3. The number of rotatable bonds is 3. The van der Waals surface area contributed by atoms with Crippen molar-refractivity contribution in [2.75, 3.05) is 0 Å². The zero-order valence-electron chi connectivity index (χ0n) is 29.5. The minimum Gasteiger partial charge on any atom is -0.457 e. The van der Waals surface area contributed by atoms with Gasteiger partial charge in [0.25, 0.3) is 0 Å². The molecular weight excluding hydrogens is 673 g/mol. The average molecular weight is 703 g/mol. The molecule has 0 amide bonds. The molecule has 5 heteroatoms. The second-order valence-electron chi connectivity index (χ2n) is 14.3. The van der Waals surface area contributed by atoms with E-state index in [1.807, 2.05) is 36.4 Å². The van der Waals surface area contributed by atoms with E-state index in [9.17, 15) is 0 Å². The molecule has 1 spiro atoms. The van der Waals surface area contributed by atoms with E-state index in [1.54, 1.807) is 0 Å². The molecule has 55 heavy (non-hydrogen) atoms. The molecule has 0 saturated carbocycles. The highest BCUT2D eigenvalue weighted by Gasteiger charge is 2.51. The summed E-state index contributed by atoms with van der Waals surface area (Å²) in [6.07, 6.45) is 0. The fourth-order valence-corrected chi connectivity index (χ4v) is 9.25. The Balaban J connectivity index is 1.25.